The number of benzene rings is 4. The van der Waals surface area contributed by atoms with Crippen molar-refractivity contribution in [3.8, 4) is 33.8 Å². The number of ether oxygens (including phenoxy) is 1. The summed E-state index contributed by atoms with van der Waals surface area (Å²) in [5.74, 6) is -0.0948. The maximum absolute atomic E-state index is 12.3. The molecule has 7 nitrogen and oxygen atoms in total. The molecule has 0 fully saturated rings. The Kier molecular flexibility index (Phi) is 11.4. The number of nitro benzene ring substituents is 2. The van der Waals surface area contributed by atoms with Gasteiger partial charge in [0, 0.05) is 0 Å². The predicted molar refractivity (Wildman–Crippen MR) is 173 cm³/mol. The van der Waals surface area contributed by atoms with Gasteiger partial charge in [-0.1, -0.05) is 113 Å². The molecule has 224 valence electrons. The summed E-state index contributed by atoms with van der Waals surface area (Å²) in [5, 5.41) is 24.6. The minimum atomic E-state index is -0.488. The molecule has 7 heteroatoms. The number of para-hydroxylation sites is 2. The fourth-order valence-electron chi connectivity index (χ4n) is 5.38. The van der Waals surface area contributed by atoms with Crippen LogP contribution in [0.15, 0.2) is 84.9 Å². The zero-order valence-electron chi connectivity index (χ0n) is 25.1. The molecule has 0 unspecified atom stereocenters. The SMILES string of the molecule is CCCCCCc1ccc(-c2cccc(Oc3cccc(-c4ccc(CCCCCC)cc4)c3[N+](=O)[O-])c2[N+](=O)[O-])cc1. The molecule has 0 amide bonds. The van der Waals surface area contributed by atoms with Crippen LogP contribution in [0.3, 0.4) is 0 Å². The average Bonchev–Trinajstić information content (AvgIpc) is 3.01. The Hall–Kier alpha value is -4.52. The summed E-state index contributed by atoms with van der Waals surface area (Å²) in [6.07, 6.45) is 11.3. The minimum absolute atomic E-state index is 0.0474. The van der Waals surface area contributed by atoms with Crippen LogP contribution in [0, 0.1) is 20.2 Å². The van der Waals surface area contributed by atoms with Gasteiger partial charge in [-0.2, -0.15) is 0 Å². The normalized spacial score (nSPS) is 10.9. The van der Waals surface area contributed by atoms with Crippen molar-refractivity contribution in [2.45, 2.75) is 78.1 Å². The molecular formula is C36H40N2O5. The smallest absolute Gasteiger partial charge is 0.319 e. The van der Waals surface area contributed by atoms with Crippen LogP contribution in [0.1, 0.15) is 76.3 Å². The van der Waals surface area contributed by atoms with Gasteiger partial charge in [0.05, 0.1) is 21.0 Å². The second-order valence-electron chi connectivity index (χ2n) is 10.9. The van der Waals surface area contributed by atoms with Crippen LogP contribution in [-0.2, 0) is 12.8 Å². The van der Waals surface area contributed by atoms with Crippen molar-refractivity contribution >= 4 is 11.4 Å². The summed E-state index contributed by atoms with van der Waals surface area (Å²) in [7, 11) is 0. The molecule has 0 bridgehead atoms. The van der Waals surface area contributed by atoms with Crippen LogP contribution in [0.4, 0.5) is 11.4 Å². The Morgan fingerprint density at radius 1 is 0.535 bits per heavy atom. The minimum Gasteiger partial charge on any atom is -0.443 e. The Labute approximate surface area is 253 Å². The van der Waals surface area contributed by atoms with Crippen molar-refractivity contribution in [2.24, 2.45) is 0 Å². The van der Waals surface area contributed by atoms with E-state index in [1.807, 2.05) is 48.5 Å². The number of hydrogen-bond acceptors (Lipinski definition) is 5. The summed E-state index contributed by atoms with van der Waals surface area (Å²) in [6, 6.07) is 25.2. The highest BCUT2D eigenvalue weighted by atomic mass is 16.6. The monoisotopic (exact) mass is 580 g/mol. The Morgan fingerprint density at radius 3 is 1.28 bits per heavy atom. The molecule has 0 aliphatic rings. The summed E-state index contributed by atoms with van der Waals surface area (Å²) >= 11 is 0. The van der Waals surface area contributed by atoms with Crippen LogP contribution in [0.5, 0.6) is 11.5 Å². The van der Waals surface area contributed by atoms with Gasteiger partial charge in [-0.25, -0.2) is 0 Å². The third kappa shape index (κ3) is 8.28. The van der Waals surface area contributed by atoms with E-state index in [9.17, 15) is 20.2 Å². The molecule has 0 N–H and O–H groups in total. The number of aryl methyl sites for hydroxylation is 2. The van der Waals surface area contributed by atoms with E-state index in [-0.39, 0.29) is 22.9 Å². The third-order valence-electron chi connectivity index (χ3n) is 7.75. The summed E-state index contributed by atoms with van der Waals surface area (Å²) in [5.41, 5.74) is 4.08. The first-order valence-electron chi connectivity index (χ1n) is 15.3. The molecule has 4 aromatic carbocycles. The number of rotatable bonds is 16. The van der Waals surface area contributed by atoms with Crippen molar-refractivity contribution < 1.29 is 14.6 Å². The van der Waals surface area contributed by atoms with E-state index in [0.29, 0.717) is 22.3 Å². The molecule has 4 rings (SSSR count). The number of unbranched alkanes of at least 4 members (excludes halogenated alkanes) is 6. The first-order chi connectivity index (χ1) is 20.9. The lowest BCUT2D eigenvalue weighted by atomic mass is 9.99. The molecule has 4 aromatic rings. The largest absolute Gasteiger partial charge is 0.443 e. The van der Waals surface area contributed by atoms with Crippen molar-refractivity contribution in [1.82, 2.24) is 0 Å². The molecule has 0 atom stereocenters. The number of nitro groups is 2. The highest BCUT2D eigenvalue weighted by molar-refractivity contribution is 5.80. The van der Waals surface area contributed by atoms with Gasteiger partial charge >= 0.3 is 11.4 Å². The summed E-state index contributed by atoms with van der Waals surface area (Å²) in [4.78, 5) is 23.7. The van der Waals surface area contributed by atoms with Gasteiger partial charge in [0.2, 0.25) is 11.5 Å². The lowest BCUT2D eigenvalue weighted by Gasteiger charge is -2.12. The van der Waals surface area contributed by atoms with Gasteiger partial charge < -0.3 is 4.74 Å². The first-order valence-corrected chi connectivity index (χ1v) is 15.3. The summed E-state index contributed by atoms with van der Waals surface area (Å²) in [6.45, 7) is 4.37. The Bertz CT molecular complexity index is 1400. The van der Waals surface area contributed by atoms with Crippen LogP contribution in [0.2, 0.25) is 0 Å². The molecule has 0 radical (unpaired) electrons. The topological polar surface area (TPSA) is 95.5 Å². The average molecular weight is 581 g/mol. The zero-order chi connectivity index (χ0) is 30.6. The first kappa shape index (κ1) is 31.4. The van der Waals surface area contributed by atoms with Crippen LogP contribution in [-0.4, -0.2) is 9.85 Å². The molecule has 0 aliphatic heterocycles. The Morgan fingerprint density at radius 2 is 0.930 bits per heavy atom. The van der Waals surface area contributed by atoms with Gasteiger partial charge in [-0.3, -0.25) is 20.2 Å². The van der Waals surface area contributed by atoms with E-state index >= 15 is 0 Å². The molecule has 0 saturated heterocycles. The van der Waals surface area contributed by atoms with Gasteiger partial charge in [0.25, 0.3) is 0 Å². The van der Waals surface area contributed by atoms with E-state index in [0.717, 1.165) is 25.7 Å². The van der Waals surface area contributed by atoms with E-state index in [2.05, 4.69) is 13.8 Å². The summed E-state index contributed by atoms with van der Waals surface area (Å²) < 4.78 is 6.00. The fourth-order valence-corrected chi connectivity index (χ4v) is 5.38. The standard InChI is InChI=1S/C36H40N2O5/c1-3-5-7-9-13-27-19-23-29(24-20-27)31-15-11-17-33(35(31)37(39)40)43-34-18-12-16-32(36(34)38(41)42)30-25-21-28(22-26-30)14-10-8-6-4-2/h11-12,15-26H,3-10,13-14H2,1-2H3. The third-order valence-corrected chi connectivity index (χ3v) is 7.75. The maximum Gasteiger partial charge on any atom is 0.319 e. The molecule has 0 saturated carbocycles. The van der Waals surface area contributed by atoms with Gasteiger partial charge in [0.1, 0.15) is 0 Å². The molecular weight excluding hydrogens is 540 g/mol. The van der Waals surface area contributed by atoms with Gasteiger partial charge in [-0.05, 0) is 72.2 Å². The van der Waals surface area contributed by atoms with E-state index in [4.69, 9.17) is 4.74 Å². The predicted octanol–water partition coefficient (Wildman–Crippen LogP) is 10.9. The van der Waals surface area contributed by atoms with Crippen LogP contribution >= 0.6 is 0 Å². The second kappa shape index (κ2) is 15.6. The molecule has 0 aliphatic carbocycles. The Balaban J connectivity index is 1.62. The highest BCUT2D eigenvalue weighted by Crippen LogP contribution is 2.44. The van der Waals surface area contributed by atoms with Crippen LogP contribution < -0.4 is 4.74 Å². The van der Waals surface area contributed by atoms with Gasteiger partial charge in [-0.15, -0.1) is 0 Å². The van der Waals surface area contributed by atoms with E-state index in [1.54, 1.807) is 24.3 Å². The van der Waals surface area contributed by atoms with Crippen molar-refractivity contribution in [2.75, 3.05) is 0 Å². The highest BCUT2D eigenvalue weighted by Gasteiger charge is 2.27. The second-order valence-corrected chi connectivity index (χ2v) is 10.9. The zero-order valence-corrected chi connectivity index (χ0v) is 25.1. The molecule has 0 aromatic heterocycles. The van der Waals surface area contributed by atoms with Crippen molar-refractivity contribution in [3.05, 3.63) is 116 Å². The quantitative estimate of drug-likeness (QED) is 0.0746. The van der Waals surface area contributed by atoms with Crippen molar-refractivity contribution in [3.63, 3.8) is 0 Å². The lowest BCUT2D eigenvalue weighted by Crippen LogP contribution is -2.00. The molecule has 43 heavy (non-hydrogen) atoms. The van der Waals surface area contributed by atoms with E-state index in [1.165, 1.54) is 61.8 Å². The number of hydrogen-bond donors (Lipinski definition) is 0. The van der Waals surface area contributed by atoms with Crippen LogP contribution in [0.25, 0.3) is 22.3 Å². The van der Waals surface area contributed by atoms with Gasteiger partial charge in [0.15, 0.2) is 0 Å². The fraction of sp³-hybridized carbons (Fsp3) is 0.333. The molecule has 0 spiro atoms. The molecule has 0 heterocycles. The number of nitrogens with zero attached hydrogens (tertiary/aromatic N) is 2. The lowest BCUT2D eigenvalue weighted by molar-refractivity contribution is -0.386. The maximum atomic E-state index is 12.3. The van der Waals surface area contributed by atoms with Crippen molar-refractivity contribution in [1.29, 1.82) is 0 Å². The van der Waals surface area contributed by atoms with E-state index < -0.39 is 9.85 Å².